The molecule has 3 heterocycles. The van der Waals surface area contributed by atoms with Crippen molar-refractivity contribution in [2.24, 2.45) is 0 Å². The molecule has 3 aromatic rings. The Morgan fingerprint density at radius 1 is 0.897 bits per heavy atom. The first-order valence-corrected chi connectivity index (χ1v) is 10.5. The number of nitrogens with zero attached hydrogens (tertiary/aromatic N) is 4. The van der Waals surface area contributed by atoms with Gasteiger partial charge in [-0.15, -0.1) is 0 Å². The third kappa shape index (κ3) is 4.13. The molecule has 2 aliphatic rings. The highest BCUT2D eigenvalue weighted by molar-refractivity contribution is 5.20. The minimum Gasteiger partial charge on any atom is -0.378 e. The molecular formula is C24H28N4O. The lowest BCUT2D eigenvalue weighted by Gasteiger charge is -2.48. The summed E-state index contributed by atoms with van der Waals surface area (Å²) in [4.78, 5) is 9.62. The Kier molecular flexibility index (Phi) is 5.43. The molecule has 0 unspecified atom stereocenters. The van der Waals surface area contributed by atoms with Crippen molar-refractivity contribution in [1.82, 2.24) is 19.4 Å². The van der Waals surface area contributed by atoms with Crippen LogP contribution in [0.3, 0.4) is 0 Å². The van der Waals surface area contributed by atoms with Gasteiger partial charge >= 0.3 is 0 Å². The molecule has 2 aromatic carbocycles. The second-order valence-electron chi connectivity index (χ2n) is 8.09. The van der Waals surface area contributed by atoms with Gasteiger partial charge in [0.25, 0.3) is 0 Å². The van der Waals surface area contributed by atoms with Crippen LogP contribution in [0.25, 0.3) is 0 Å². The summed E-state index contributed by atoms with van der Waals surface area (Å²) in [6.07, 6.45) is 3.97. The van der Waals surface area contributed by atoms with E-state index in [1.807, 2.05) is 12.5 Å². The summed E-state index contributed by atoms with van der Waals surface area (Å²) in [7, 11) is 0. The van der Waals surface area contributed by atoms with Crippen LogP contribution in [0.5, 0.6) is 0 Å². The number of morpholine rings is 1. The first kappa shape index (κ1) is 18.6. The zero-order valence-corrected chi connectivity index (χ0v) is 16.7. The Morgan fingerprint density at radius 3 is 2.52 bits per heavy atom. The molecule has 29 heavy (non-hydrogen) atoms. The topological polar surface area (TPSA) is 33.5 Å². The van der Waals surface area contributed by atoms with Crippen molar-refractivity contribution in [2.75, 3.05) is 32.8 Å². The summed E-state index contributed by atoms with van der Waals surface area (Å²) in [6.45, 7) is 6.63. The molecule has 2 saturated heterocycles. The van der Waals surface area contributed by atoms with Gasteiger partial charge in [0.1, 0.15) is 0 Å². The van der Waals surface area contributed by atoms with E-state index in [2.05, 4.69) is 80.0 Å². The quantitative estimate of drug-likeness (QED) is 0.672. The highest BCUT2D eigenvalue weighted by atomic mass is 16.5. The Hall–Kier alpha value is -2.47. The second kappa shape index (κ2) is 8.49. The number of imidazole rings is 1. The van der Waals surface area contributed by atoms with E-state index in [1.165, 1.54) is 16.8 Å². The van der Waals surface area contributed by atoms with Gasteiger partial charge in [-0.1, -0.05) is 60.7 Å². The van der Waals surface area contributed by atoms with E-state index in [4.69, 9.17) is 4.74 Å². The Labute approximate surface area is 172 Å². The maximum Gasteiger partial charge on any atom is 0.0951 e. The summed E-state index contributed by atoms with van der Waals surface area (Å²) in [6, 6.07) is 22.2. The minimum absolute atomic E-state index is 0.376. The maximum absolute atomic E-state index is 6.01. The molecular weight excluding hydrogens is 360 g/mol. The van der Waals surface area contributed by atoms with Gasteiger partial charge in [0.15, 0.2) is 0 Å². The number of piperazine rings is 1. The third-order valence-corrected chi connectivity index (χ3v) is 6.16. The third-order valence-electron chi connectivity index (χ3n) is 6.16. The number of benzene rings is 2. The predicted molar refractivity (Wildman–Crippen MR) is 114 cm³/mol. The minimum atomic E-state index is 0.376. The van der Waals surface area contributed by atoms with Crippen molar-refractivity contribution in [3.63, 3.8) is 0 Å². The van der Waals surface area contributed by atoms with Gasteiger partial charge in [-0.25, -0.2) is 4.98 Å². The van der Waals surface area contributed by atoms with Crippen LogP contribution in [0.2, 0.25) is 0 Å². The fourth-order valence-electron chi connectivity index (χ4n) is 4.64. The van der Waals surface area contributed by atoms with Crippen molar-refractivity contribution < 1.29 is 4.74 Å². The molecule has 0 aliphatic carbocycles. The molecule has 2 atom stereocenters. The fraction of sp³-hybridized carbons (Fsp3) is 0.375. The van der Waals surface area contributed by atoms with E-state index < -0.39 is 0 Å². The van der Waals surface area contributed by atoms with Crippen LogP contribution < -0.4 is 0 Å². The van der Waals surface area contributed by atoms with Gasteiger partial charge in [-0.3, -0.25) is 9.80 Å². The summed E-state index contributed by atoms with van der Waals surface area (Å²) in [5, 5.41) is 0. The average Bonchev–Trinajstić information content (AvgIpc) is 3.21. The van der Waals surface area contributed by atoms with Crippen molar-refractivity contribution in [3.05, 3.63) is 90.0 Å². The summed E-state index contributed by atoms with van der Waals surface area (Å²) < 4.78 is 8.28. The van der Waals surface area contributed by atoms with E-state index in [0.717, 1.165) is 45.9 Å². The molecule has 0 spiro atoms. The van der Waals surface area contributed by atoms with Crippen LogP contribution in [-0.2, 0) is 17.8 Å². The van der Waals surface area contributed by atoms with Crippen LogP contribution in [0.1, 0.15) is 22.9 Å². The van der Waals surface area contributed by atoms with Crippen molar-refractivity contribution in [1.29, 1.82) is 0 Å². The highest BCUT2D eigenvalue weighted by Crippen LogP contribution is 2.30. The lowest BCUT2D eigenvalue weighted by Crippen LogP contribution is -2.58. The molecule has 0 amide bonds. The molecule has 1 aromatic heterocycles. The number of hydrogen-bond donors (Lipinski definition) is 0. The van der Waals surface area contributed by atoms with Gasteiger partial charge < -0.3 is 9.30 Å². The first-order chi connectivity index (χ1) is 14.4. The molecule has 5 nitrogen and oxygen atoms in total. The van der Waals surface area contributed by atoms with Gasteiger partial charge in [0, 0.05) is 45.0 Å². The fourth-order valence-corrected chi connectivity index (χ4v) is 4.64. The van der Waals surface area contributed by atoms with Gasteiger partial charge in [-0.2, -0.15) is 0 Å². The molecule has 0 bridgehead atoms. The lowest BCUT2D eigenvalue weighted by molar-refractivity contribution is -0.0838. The molecule has 0 radical (unpaired) electrons. The van der Waals surface area contributed by atoms with Crippen molar-refractivity contribution in [3.8, 4) is 0 Å². The zero-order valence-electron chi connectivity index (χ0n) is 16.7. The Bertz CT molecular complexity index is 911. The van der Waals surface area contributed by atoms with E-state index in [-0.39, 0.29) is 0 Å². The standard InChI is InChI=1S/C24H28N4O/c1-3-7-20(8-4-1)14-27-19-25-13-22(27)15-26-11-12-28-23(16-26)17-29-18-24(28)21-9-5-2-6-10-21/h1-10,13,19,23-24H,11-12,14-18H2/t23-,24-/m1/s1. The summed E-state index contributed by atoms with van der Waals surface area (Å²) >= 11 is 0. The van der Waals surface area contributed by atoms with E-state index in [1.54, 1.807) is 0 Å². The smallest absolute Gasteiger partial charge is 0.0951 e. The molecule has 5 rings (SSSR count). The van der Waals surface area contributed by atoms with Crippen LogP contribution in [-0.4, -0.2) is 58.2 Å². The molecule has 0 N–H and O–H groups in total. The second-order valence-corrected chi connectivity index (χ2v) is 8.09. The average molecular weight is 389 g/mol. The Balaban J connectivity index is 1.25. The Morgan fingerprint density at radius 2 is 1.69 bits per heavy atom. The van der Waals surface area contributed by atoms with Crippen LogP contribution in [0.15, 0.2) is 73.2 Å². The summed E-state index contributed by atoms with van der Waals surface area (Å²) in [5.41, 5.74) is 3.95. The number of rotatable bonds is 5. The molecule has 5 heteroatoms. The SMILES string of the molecule is c1ccc(Cn2cncc2CN2CCN3[C@@H](COC[C@@H]3c3ccccc3)C2)cc1. The van der Waals surface area contributed by atoms with Crippen molar-refractivity contribution >= 4 is 0 Å². The van der Waals surface area contributed by atoms with Crippen LogP contribution >= 0.6 is 0 Å². The molecule has 0 saturated carbocycles. The van der Waals surface area contributed by atoms with Gasteiger partial charge in [-0.05, 0) is 11.1 Å². The van der Waals surface area contributed by atoms with Crippen molar-refractivity contribution in [2.45, 2.75) is 25.2 Å². The number of hydrogen-bond acceptors (Lipinski definition) is 4. The highest BCUT2D eigenvalue weighted by Gasteiger charge is 2.36. The monoisotopic (exact) mass is 388 g/mol. The van der Waals surface area contributed by atoms with E-state index in [0.29, 0.717) is 12.1 Å². The molecule has 150 valence electrons. The number of fused-ring (bicyclic) bond motifs is 1. The van der Waals surface area contributed by atoms with Crippen LogP contribution in [0, 0.1) is 0 Å². The van der Waals surface area contributed by atoms with Crippen LogP contribution in [0.4, 0.5) is 0 Å². The normalized spacial score (nSPS) is 23.0. The van der Waals surface area contributed by atoms with E-state index in [9.17, 15) is 0 Å². The van der Waals surface area contributed by atoms with Gasteiger partial charge in [0.2, 0.25) is 0 Å². The maximum atomic E-state index is 6.01. The molecule has 2 fully saturated rings. The first-order valence-electron chi connectivity index (χ1n) is 10.5. The predicted octanol–water partition coefficient (Wildman–Crippen LogP) is 3.19. The van der Waals surface area contributed by atoms with E-state index >= 15 is 0 Å². The lowest BCUT2D eigenvalue weighted by atomic mass is 10.00. The number of aromatic nitrogens is 2. The zero-order chi connectivity index (χ0) is 19.5. The largest absolute Gasteiger partial charge is 0.378 e. The molecule has 2 aliphatic heterocycles. The summed E-state index contributed by atoms with van der Waals surface area (Å²) in [5.74, 6) is 0. The number of ether oxygens (including phenoxy) is 1. The van der Waals surface area contributed by atoms with Gasteiger partial charge in [0.05, 0.1) is 31.3 Å².